The standard InChI is InChI=1S/C13H16FN3/c1-9-3-4-11(6-12(9)14)13(15)5-10-7-16-17(2)8-10/h3-4,6-8,13H,5,15H2,1-2H3. The van der Waals surface area contributed by atoms with E-state index in [2.05, 4.69) is 5.10 Å². The van der Waals surface area contributed by atoms with Gasteiger partial charge in [-0.05, 0) is 36.1 Å². The minimum atomic E-state index is -0.205. The molecule has 1 atom stereocenters. The Labute approximate surface area is 100 Å². The molecule has 90 valence electrons. The summed E-state index contributed by atoms with van der Waals surface area (Å²) < 4.78 is 15.1. The summed E-state index contributed by atoms with van der Waals surface area (Å²) in [4.78, 5) is 0. The Hall–Kier alpha value is -1.68. The van der Waals surface area contributed by atoms with Crippen LogP contribution in [0.15, 0.2) is 30.6 Å². The number of aryl methyl sites for hydroxylation is 2. The number of nitrogens with zero attached hydrogens (tertiary/aromatic N) is 2. The summed E-state index contributed by atoms with van der Waals surface area (Å²) in [7, 11) is 1.86. The van der Waals surface area contributed by atoms with Gasteiger partial charge in [0.25, 0.3) is 0 Å². The van der Waals surface area contributed by atoms with Crippen LogP contribution in [-0.2, 0) is 13.5 Å². The minimum Gasteiger partial charge on any atom is -0.324 e. The number of hydrogen-bond donors (Lipinski definition) is 1. The summed E-state index contributed by atoms with van der Waals surface area (Å²) in [6.45, 7) is 1.74. The summed E-state index contributed by atoms with van der Waals surface area (Å²) in [6, 6.07) is 4.94. The monoisotopic (exact) mass is 233 g/mol. The molecule has 1 aromatic heterocycles. The molecule has 0 aliphatic carbocycles. The molecular formula is C13H16FN3. The molecule has 0 aliphatic rings. The molecule has 1 unspecified atom stereocenters. The first kappa shape index (κ1) is 11.8. The Kier molecular flexibility index (Phi) is 3.24. The predicted octanol–water partition coefficient (Wildman–Crippen LogP) is 2.11. The van der Waals surface area contributed by atoms with E-state index in [9.17, 15) is 4.39 Å². The number of halogens is 1. The molecule has 3 nitrogen and oxygen atoms in total. The van der Waals surface area contributed by atoms with Gasteiger partial charge in [0.05, 0.1) is 6.20 Å². The number of rotatable bonds is 3. The second-order valence-corrected chi connectivity index (χ2v) is 4.34. The van der Waals surface area contributed by atoms with Crippen molar-refractivity contribution in [1.29, 1.82) is 0 Å². The van der Waals surface area contributed by atoms with Gasteiger partial charge in [0, 0.05) is 19.3 Å². The van der Waals surface area contributed by atoms with E-state index in [4.69, 9.17) is 5.73 Å². The van der Waals surface area contributed by atoms with Crippen LogP contribution in [0.4, 0.5) is 4.39 Å². The van der Waals surface area contributed by atoms with E-state index in [1.54, 1.807) is 23.9 Å². The molecule has 2 rings (SSSR count). The molecule has 0 saturated carbocycles. The fourth-order valence-electron chi connectivity index (χ4n) is 1.79. The summed E-state index contributed by atoms with van der Waals surface area (Å²) in [6.07, 6.45) is 4.37. The van der Waals surface area contributed by atoms with E-state index in [0.717, 1.165) is 11.1 Å². The zero-order valence-electron chi connectivity index (χ0n) is 10.0. The molecule has 0 fully saturated rings. The zero-order valence-corrected chi connectivity index (χ0v) is 10.0. The Morgan fingerprint density at radius 3 is 2.82 bits per heavy atom. The van der Waals surface area contributed by atoms with Crippen LogP contribution >= 0.6 is 0 Å². The second-order valence-electron chi connectivity index (χ2n) is 4.34. The zero-order chi connectivity index (χ0) is 12.4. The van der Waals surface area contributed by atoms with Crippen molar-refractivity contribution in [2.75, 3.05) is 0 Å². The summed E-state index contributed by atoms with van der Waals surface area (Å²) in [5, 5.41) is 4.08. The summed E-state index contributed by atoms with van der Waals surface area (Å²) in [5.41, 5.74) is 8.57. The molecule has 1 heterocycles. The second kappa shape index (κ2) is 4.67. The van der Waals surface area contributed by atoms with Crippen molar-refractivity contribution in [3.05, 3.63) is 53.1 Å². The highest BCUT2D eigenvalue weighted by Gasteiger charge is 2.10. The quantitative estimate of drug-likeness (QED) is 0.882. The Morgan fingerprint density at radius 1 is 1.47 bits per heavy atom. The third kappa shape index (κ3) is 2.71. The lowest BCUT2D eigenvalue weighted by Gasteiger charge is -2.11. The van der Waals surface area contributed by atoms with Crippen molar-refractivity contribution in [3.8, 4) is 0 Å². The van der Waals surface area contributed by atoms with Crippen molar-refractivity contribution in [2.45, 2.75) is 19.4 Å². The smallest absolute Gasteiger partial charge is 0.126 e. The predicted molar refractivity (Wildman–Crippen MR) is 65.0 cm³/mol. The molecular weight excluding hydrogens is 217 g/mol. The van der Waals surface area contributed by atoms with Crippen molar-refractivity contribution < 1.29 is 4.39 Å². The third-order valence-electron chi connectivity index (χ3n) is 2.84. The van der Waals surface area contributed by atoms with E-state index in [1.165, 1.54) is 6.07 Å². The third-order valence-corrected chi connectivity index (χ3v) is 2.84. The van der Waals surface area contributed by atoms with E-state index >= 15 is 0 Å². The topological polar surface area (TPSA) is 43.8 Å². The van der Waals surface area contributed by atoms with E-state index in [0.29, 0.717) is 12.0 Å². The molecule has 2 N–H and O–H groups in total. The van der Waals surface area contributed by atoms with E-state index < -0.39 is 0 Å². The number of aromatic nitrogens is 2. The van der Waals surface area contributed by atoms with Gasteiger partial charge in [-0.3, -0.25) is 4.68 Å². The van der Waals surface area contributed by atoms with Gasteiger partial charge >= 0.3 is 0 Å². The SMILES string of the molecule is Cc1ccc(C(N)Cc2cnn(C)c2)cc1F. The van der Waals surface area contributed by atoms with Crippen LogP contribution in [0, 0.1) is 12.7 Å². The van der Waals surface area contributed by atoms with Gasteiger partial charge in [-0.2, -0.15) is 5.10 Å². The maximum Gasteiger partial charge on any atom is 0.126 e. The highest BCUT2D eigenvalue weighted by atomic mass is 19.1. The maximum atomic E-state index is 13.4. The molecule has 4 heteroatoms. The van der Waals surface area contributed by atoms with Crippen molar-refractivity contribution in [3.63, 3.8) is 0 Å². The fourth-order valence-corrected chi connectivity index (χ4v) is 1.79. The molecule has 0 amide bonds. The fraction of sp³-hybridized carbons (Fsp3) is 0.308. The lowest BCUT2D eigenvalue weighted by molar-refractivity contribution is 0.609. The van der Waals surface area contributed by atoms with Crippen molar-refractivity contribution in [1.82, 2.24) is 9.78 Å². The molecule has 2 aromatic rings. The van der Waals surface area contributed by atoms with Gasteiger partial charge in [-0.15, -0.1) is 0 Å². The van der Waals surface area contributed by atoms with Crippen LogP contribution < -0.4 is 5.73 Å². The van der Waals surface area contributed by atoms with E-state index in [1.807, 2.05) is 19.3 Å². The van der Waals surface area contributed by atoms with Crippen LogP contribution in [0.25, 0.3) is 0 Å². The first-order chi connectivity index (χ1) is 8.06. The number of hydrogen-bond acceptors (Lipinski definition) is 2. The normalized spacial score (nSPS) is 12.7. The summed E-state index contributed by atoms with van der Waals surface area (Å²) >= 11 is 0. The van der Waals surface area contributed by atoms with Gasteiger partial charge in [0.15, 0.2) is 0 Å². The average Bonchev–Trinajstić information content (AvgIpc) is 2.68. The van der Waals surface area contributed by atoms with Crippen LogP contribution in [0.1, 0.15) is 22.7 Å². The van der Waals surface area contributed by atoms with Crippen molar-refractivity contribution in [2.24, 2.45) is 12.8 Å². The molecule has 0 saturated heterocycles. The first-order valence-electron chi connectivity index (χ1n) is 5.55. The van der Waals surface area contributed by atoms with Gasteiger partial charge in [0.2, 0.25) is 0 Å². The van der Waals surface area contributed by atoms with Gasteiger partial charge < -0.3 is 5.73 Å². The van der Waals surface area contributed by atoms with Crippen LogP contribution in [0.3, 0.4) is 0 Å². The average molecular weight is 233 g/mol. The molecule has 0 bridgehead atoms. The Bertz CT molecular complexity index is 519. The van der Waals surface area contributed by atoms with Gasteiger partial charge in [-0.1, -0.05) is 12.1 Å². The van der Waals surface area contributed by atoms with E-state index in [-0.39, 0.29) is 11.9 Å². The van der Waals surface area contributed by atoms with Gasteiger partial charge in [-0.25, -0.2) is 4.39 Å². The number of benzene rings is 1. The summed E-state index contributed by atoms with van der Waals surface area (Å²) in [5.74, 6) is -0.205. The molecule has 0 spiro atoms. The lowest BCUT2D eigenvalue weighted by Crippen LogP contribution is -2.13. The van der Waals surface area contributed by atoms with Crippen LogP contribution in [0.2, 0.25) is 0 Å². The molecule has 1 aromatic carbocycles. The largest absolute Gasteiger partial charge is 0.324 e. The molecule has 17 heavy (non-hydrogen) atoms. The Morgan fingerprint density at radius 2 is 2.24 bits per heavy atom. The lowest BCUT2D eigenvalue weighted by atomic mass is 10.0. The van der Waals surface area contributed by atoms with Crippen molar-refractivity contribution >= 4 is 0 Å². The van der Waals surface area contributed by atoms with Crippen LogP contribution in [0.5, 0.6) is 0 Å². The highest BCUT2D eigenvalue weighted by Crippen LogP contribution is 2.18. The Balaban J connectivity index is 2.14. The molecule has 0 radical (unpaired) electrons. The number of nitrogens with two attached hydrogens (primary N) is 1. The highest BCUT2D eigenvalue weighted by molar-refractivity contribution is 5.26. The van der Waals surface area contributed by atoms with Crippen LogP contribution in [-0.4, -0.2) is 9.78 Å². The first-order valence-corrected chi connectivity index (χ1v) is 5.55. The van der Waals surface area contributed by atoms with Gasteiger partial charge in [0.1, 0.15) is 5.82 Å². The minimum absolute atomic E-state index is 0.200. The maximum absolute atomic E-state index is 13.4. The molecule has 0 aliphatic heterocycles.